The van der Waals surface area contributed by atoms with Gasteiger partial charge in [-0.15, -0.1) is 0 Å². The molecule has 1 aromatic rings. The maximum Gasteiger partial charge on any atom is 0.281 e. The van der Waals surface area contributed by atoms with Crippen LogP contribution in [0, 0.1) is 11.3 Å². The van der Waals surface area contributed by atoms with Crippen LogP contribution in [0.4, 0.5) is 14.5 Å². The highest BCUT2D eigenvalue weighted by atomic mass is 19.3. The fourth-order valence-electron chi connectivity index (χ4n) is 0.975. The van der Waals surface area contributed by atoms with Crippen LogP contribution in [0.1, 0.15) is 28.0 Å². The summed E-state index contributed by atoms with van der Waals surface area (Å²) in [5.74, 6) is 0. The highest BCUT2D eigenvalue weighted by molar-refractivity contribution is 5.84. The zero-order valence-corrected chi connectivity index (χ0v) is 6.87. The zero-order valence-electron chi connectivity index (χ0n) is 6.87. The van der Waals surface area contributed by atoms with Gasteiger partial charge in [-0.25, -0.2) is 8.78 Å². The minimum atomic E-state index is -2.90. The van der Waals surface area contributed by atoms with E-state index in [0.717, 1.165) is 6.20 Å². The van der Waals surface area contributed by atoms with E-state index in [9.17, 15) is 13.6 Å². The number of hydrogen-bond donors (Lipinski definition) is 1. The number of carbonyl (C=O) groups is 1. The minimum absolute atomic E-state index is 0.0843. The van der Waals surface area contributed by atoms with Crippen molar-refractivity contribution in [2.75, 3.05) is 5.73 Å². The molecule has 1 aromatic heterocycles. The lowest BCUT2D eigenvalue weighted by atomic mass is 10.1. The van der Waals surface area contributed by atoms with Crippen LogP contribution in [0.5, 0.6) is 0 Å². The summed E-state index contributed by atoms with van der Waals surface area (Å²) in [6.45, 7) is 0. The van der Waals surface area contributed by atoms with Gasteiger partial charge < -0.3 is 5.73 Å². The predicted molar refractivity (Wildman–Crippen MR) is 43.7 cm³/mol. The summed E-state index contributed by atoms with van der Waals surface area (Å²) in [7, 11) is 0. The number of nitrogen functional groups attached to an aromatic ring is 1. The molecule has 0 radical (unpaired) electrons. The summed E-state index contributed by atoms with van der Waals surface area (Å²) in [5.41, 5.74) is 3.79. The number of aromatic nitrogens is 1. The molecule has 4 nitrogen and oxygen atoms in total. The van der Waals surface area contributed by atoms with Crippen molar-refractivity contribution in [1.82, 2.24) is 4.98 Å². The summed E-state index contributed by atoms with van der Waals surface area (Å²) >= 11 is 0. The Balaban J connectivity index is 3.50. The molecule has 14 heavy (non-hydrogen) atoms. The first-order valence-corrected chi connectivity index (χ1v) is 3.53. The van der Waals surface area contributed by atoms with E-state index in [0.29, 0.717) is 0 Å². The molecule has 1 rings (SSSR count). The van der Waals surface area contributed by atoms with Gasteiger partial charge in [-0.05, 0) is 0 Å². The van der Waals surface area contributed by atoms with Gasteiger partial charge in [0.1, 0.15) is 11.8 Å². The van der Waals surface area contributed by atoms with E-state index < -0.39 is 17.7 Å². The maximum absolute atomic E-state index is 12.3. The second-order valence-corrected chi connectivity index (χ2v) is 2.42. The Bertz CT molecular complexity index is 412. The molecule has 0 aliphatic carbocycles. The number of aldehydes is 1. The average molecular weight is 197 g/mol. The Morgan fingerprint density at radius 1 is 1.64 bits per heavy atom. The monoisotopic (exact) mass is 197 g/mol. The lowest BCUT2D eigenvalue weighted by molar-refractivity contribution is 0.110. The van der Waals surface area contributed by atoms with Gasteiger partial charge in [0.15, 0.2) is 6.29 Å². The van der Waals surface area contributed by atoms with E-state index in [1.807, 2.05) is 0 Å². The van der Waals surface area contributed by atoms with Gasteiger partial charge in [0.2, 0.25) is 0 Å². The fraction of sp³-hybridized carbons (Fsp3) is 0.125. The molecular formula is C8H5F2N3O. The number of anilines is 1. The van der Waals surface area contributed by atoms with Crippen molar-refractivity contribution in [3.05, 3.63) is 23.0 Å². The molecule has 1 heterocycles. The summed E-state index contributed by atoms with van der Waals surface area (Å²) in [6.07, 6.45) is -1.81. The summed E-state index contributed by atoms with van der Waals surface area (Å²) in [5, 5.41) is 8.58. The van der Waals surface area contributed by atoms with Crippen LogP contribution in [0.2, 0.25) is 0 Å². The first-order valence-electron chi connectivity index (χ1n) is 3.53. The number of rotatable bonds is 2. The zero-order chi connectivity index (χ0) is 10.7. The number of alkyl halides is 2. The molecule has 6 heteroatoms. The SMILES string of the molecule is N#Cc1c(N)cnc(C(F)F)c1C=O. The molecule has 0 atom stereocenters. The van der Waals surface area contributed by atoms with Crippen LogP contribution in [-0.4, -0.2) is 11.3 Å². The van der Waals surface area contributed by atoms with Crippen LogP contribution in [0.25, 0.3) is 0 Å². The molecule has 0 aliphatic rings. The molecule has 0 saturated heterocycles. The Kier molecular flexibility index (Phi) is 2.72. The smallest absolute Gasteiger partial charge is 0.281 e. The Morgan fingerprint density at radius 3 is 2.71 bits per heavy atom. The van der Waals surface area contributed by atoms with Crippen LogP contribution >= 0.6 is 0 Å². The normalized spacial score (nSPS) is 9.86. The van der Waals surface area contributed by atoms with Crippen molar-refractivity contribution in [3.8, 4) is 6.07 Å². The summed E-state index contributed by atoms with van der Waals surface area (Å²) in [4.78, 5) is 13.8. The lowest BCUT2D eigenvalue weighted by Crippen LogP contribution is -2.04. The van der Waals surface area contributed by atoms with Gasteiger partial charge in [0.05, 0.1) is 23.0 Å². The van der Waals surface area contributed by atoms with Crippen LogP contribution < -0.4 is 5.73 Å². The van der Waals surface area contributed by atoms with Gasteiger partial charge in [0, 0.05) is 0 Å². The molecule has 0 aliphatic heterocycles. The van der Waals surface area contributed by atoms with E-state index in [4.69, 9.17) is 11.0 Å². The third-order valence-corrected chi connectivity index (χ3v) is 1.61. The largest absolute Gasteiger partial charge is 0.396 e. The predicted octanol–water partition coefficient (Wildman–Crippen LogP) is 1.29. The number of hydrogen-bond acceptors (Lipinski definition) is 4. The molecule has 0 bridgehead atoms. The Labute approximate surface area is 78.0 Å². The van der Waals surface area contributed by atoms with Gasteiger partial charge in [0.25, 0.3) is 6.43 Å². The molecule has 0 aromatic carbocycles. The molecule has 0 fully saturated rings. The van der Waals surface area contributed by atoms with Crippen LogP contribution in [0.3, 0.4) is 0 Å². The van der Waals surface area contributed by atoms with E-state index in [2.05, 4.69) is 4.98 Å². The van der Waals surface area contributed by atoms with Gasteiger partial charge in [-0.1, -0.05) is 0 Å². The van der Waals surface area contributed by atoms with Crippen molar-refractivity contribution in [1.29, 1.82) is 5.26 Å². The number of carbonyl (C=O) groups excluding carboxylic acids is 1. The first kappa shape index (κ1) is 10.1. The van der Waals surface area contributed by atoms with Crippen LogP contribution in [0.15, 0.2) is 6.20 Å². The standard InChI is InChI=1S/C8H5F2N3O/c9-8(10)7-5(3-14)4(1-11)6(12)2-13-7/h2-3,8H,12H2. The van der Waals surface area contributed by atoms with Crippen molar-refractivity contribution in [3.63, 3.8) is 0 Å². The molecule has 0 unspecified atom stereocenters. The summed E-state index contributed by atoms with van der Waals surface area (Å²) < 4.78 is 24.6. The first-order chi connectivity index (χ1) is 6.61. The second-order valence-electron chi connectivity index (χ2n) is 2.42. The number of nitriles is 1. The number of pyridine rings is 1. The van der Waals surface area contributed by atoms with Gasteiger partial charge >= 0.3 is 0 Å². The quantitative estimate of drug-likeness (QED) is 0.724. The van der Waals surface area contributed by atoms with E-state index in [-0.39, 0.29) is 17.5 Å². The van der Waals surface area contributed by atoms with Crippen molar-refractivity contribution in [2.24, 2.45) is 0 Å². The lowest BCUT2D eigenvalue weighted by Gasteiger charge is -2.05. The van der Waals surface area contributed by atoms with Gasteiger partial charge in [-0.2, -0.15) is 5.26 Å². The van der Waals surface area contributed by atoms with Crippen molar-refractivity contribution >= 4 is 12.0 Å². The fourth-order valence-corrected chi connectivity index (χ4v) is 0.975. The third kappa shape index (κ3) is 1.52. The Hall–Kier alpha value is -2.03. The minimum Gasteiger partial charge on any atom is -0.396 e. The average Bonchev–Trinajstić information content (AvgIpc) is 2.16. The topological polar surface area (TPSA) is 79.8 Å². The molecular weight excluding hydrogens is 192 g/mol. The number of nitrogens with two attached hydrogens (primary N) is 1. The summed E-state index contributed by atoms with van der Waals surface area (Å²) in [6, 6.07) is 1.58. The van der Waals surface area contributed by atoms with Crippen molar-refractivity contribution < 1.29 is 13.6 Å². The number of halogens is 2. The molecule has 2 N–H and O–H groups in total. The van der Waals surface area contributed by atoms with E-state index in [1.165, 1.54) is 0 Å². The highest BCUT2D eigenvalue weighted by Crippen LogP contribution is 2.24. The van der Waals surface area contributed by atoms with E-state index in [1.54, 1.807) is 6.07 Å². The molecule has 0 saturated carbocycles. The van der Waals surface area contributed by atoms with Crippen molar-refractivity contribution in [2.45, 2.75) is 6.43 Å². The molecule has 72 valence electrons. The Morgan fingerprint density at radius 2 is 2.29 bits per heavy atom. The molecule has 0 amide bonds. The van der Waals surface area contributed by atoms with Crippen LogP contribution in [-0.2, 0) is 0 Å². The maximum atomic E-state index is 12.3. The molecule has 0 spiro atoms. The third-order valence-electron chi connectivity index (χ3n) is 1.61. The second kappa shape index (κ2) is 3.79. The van der Waals surface area contributed by atoms with Gasteiger partial charge in [-0.3, -0.25) is 9.78 Å². The van der Waals surface area contributed by atoms with E-state index >= 15 is 0 Å². The number of nitrogens with zero attached hydrogens (tertiary/aromatic N) is 2. The highest BCUT2D eigenvalue weighted by Gasteiger charge is 2.19.